The molecule has 0 bridgehead atoms. The van der Waals surface area contributed by atoms with Crippen LogP contribution >= 0.6 is 0 Å². The lowest BCUT2D eigenvalue weighted by molar-refractivity contribution is 0.124. The molecule has 268 valence electrons. The highest BCUT2D eigenvalue weighted by Crippen LogP contribution is 2.41. The Bertz CT molecular complexity index is 2080. The first kappa shape index (κ1) is 35.5. The lowest BCUT2D eigenvalue weighted by Gasteiger charge is -2.25. The Morgan fingerprint density at radius 2 is 0.600 bits per heavy atom. The minimum atomic E-state index is 0.0706. The molecule has 0 saturated carbocycles. The number of hydrogen-bond donors (Lipinski definition) is 0. The third kappa shape index (κ3) is 8.18. The Labute approximate surface area is 323 Å². The monoisotopic (exact) mass is 714 g/mol. The summed E-state index contributed by atoms with van der Waals surface area (Å²) in [5.41, 5.74) is 14.1. The highest BCUT2D eigenvalue weighted by atomic mass is 16.5. The van der Waals surface area contributed by atoms with E-state index in [2.05, 4.69) is 141 Å². The molecule has 0 saturated heterocycles. The molecule has 0 radical (unpaired) electrons. The van der Waals surface area contributed by atoms with Crippen LogP contribution in [0.3, 0.4) is 0 Å². The summed E-state index contributed by atoms with van der Waals surface area (Å²) >= 11 is 0. The molecule has 0 atom stereocenters. The third-order valence-electron chi connectivity index (χ3n) is 10.3. The Morgan fingerprint density at radius 3 is 0.855 bits per heavy atom. The van der Waals surface area contributed by atoms with Crippen molar-refractivity contribution >= 4 is 0 Å². The summed E-state index contributed by atoms with van der Waals surface area (Å²) < 4.78 is 6.71. The molecule has 0 aliphatic rings. The lowest BCUT2D eigenvalue weighted by atomic mass is 9.81. The maximum absolute atomic E-state index is 6.71. The number of ether oxygens (including phenoxy) is 1. The number of nitrogens with zero attached hydrogens (tertiary/aromatic N) is 4. The van der Waals surface area contributed by atoms with Gasteiger partial charge in [0.2, 0.25) is 0 Å². The zero-order valence-corrected chi connectivity index (χ0v) is 30.7. The standard InChI is InChI=1S/C50H42N4O/c1-5-21-45(41(17-1)37-13-9-27-51-33-37)49(46-22-6-2-18-42(46)38-14-10-28-52-34-38)25-31-55-32-26-50(47-23-7-3-19-43(47)39-15-11-29-53-35-39)48-24-8-4-20-44(48)40-16-12-30-54-36-40/h1-24,27-30,33-36,49-50H,25-26,31-32H2. The fourth-order valence-electron chi connectivity index (χ4n) is 7.80. The van der Waals surface area contributed by atoms with Crippen molar-refractivity contribution in [3.05, 3.63) is 217 Å². The van der Waals surface area contributed by atoms with E-state index in [4.69, 9.17) is 4.74 Å². The second-order valence-electron chi connectivity index (χ2n) is 13.6. The van der Waals surface area contributed by atoms with E-state index >= 15 is 0 Å². The van der Waals surface area contributed by atoms with Crippen molar-refractivity contribution in [2.24, 2.45) is 0 Å². The van der Waals surface area contributed by atoms with E-state index in [1.165, 1.54) is 44.5 Å². The molecule has 4 aromatic heterocycles. The van der Waals surface area contributed by atoms with E-state index in [-0.39, 0.29) is 11.8 Å². The average Bonchev–Trinajstić information content (AvgIpc) is 3.27. The molecule has 0 fully saturated rings. The van der Waals surface area contributed by atoms with Crippen molar-refractivity contribution in [2.45, 2.75) is 24.7 Å². The van der Waals surface area contributed by atoms with E-state index in [1.807, 2.05) is 73.8 Å². The van der Waals surface area contributed by atoms with Crippen LogP contribution in [-0.4, -0.2) is 33.1 Å². The second kappa shape index (κ2) is 17.5. The van der Waals surface area contributed by atoms with Gasteiger partial charge in [-0.3, -0.25) is 19.9 Å². The largest absolute Gasteiger partial charge is 0.381 e. The Hall–Kier alpha value is -6.56. The van der Waals surface area contributed by atoms with Gasteiger partial charge in [-0.1, -0.05) is 121 Å². The molecule has 8 aromatic rings. The molecule has 4 heterocycles. The number of pyridine rings is 4. The summed E-state index contributed by atoms with van der Waals surface area (Å²) in [6.45, 7) is 1.18. The summed E-state index contributed by atoms with van der Waals surface area (Å²) in [5.74, 6) is 0.141. The SMILES string of the molecule is c1cncc(-c2ccccc2C(CCOCCC(c2ccccc2-c2cccnc2)c2ccccc2-c2cccnc2)c2ccccc2-c2cccnc2)c1. The molecule has 0 amide bonds. The fourth-order valence-corrected chi connectivity index (χ4v) is 7.80. The van der Waals surface area contributed by atoms with Gasteiger partial charge in [0.25, 0.3) is 0 Å². The predicted octanol–water partition coefficient (Wildman–Crippen LogP) is 11.7. The molecule has 0 spiro atoms. The van der Waals surface area contributed by atoms with Gasteiger partial charge in [0.05, 0.1) is 0 Å². The smallest absolute Gasteiger partial charge is 0.0475 e. The van der Waals surface area contributed by atoms with Gasteiger partial charge in [-0.2, -0.15) is 0 Å². The van der Waals surface area contributed by atoms with Crippen molar-refractivity contribution in [2.75, 3.05) is 13.2 Å². The topological polar surface area (TPSA) is 60.8 Å². The summed E-state index contributed by atoms with van der Waals surface area (Å²) in [5, 5.41) is 0. The zero-order chi connectivity index (χ0) is 37.1. The van der Waals surface area contributed by atoms with E-state index in [9.17, 15) is 0 Å². The molecule has 8 rings (SSSR count). The van der Waals surface area contributed by atoms with Crippen LogP contribution in [0, 0.1) is 0 Å². The van der Waals surface area contributed by atoms with Gasteiger partial charge in [-0.05, 0) is 81.6 Å². The second-order valence-corrected chi connectivity index (χ2v) is 13.6. The maximum atomic E-state index is 6.71. The van der Waals surface area contributed by atoms with E-state index in [1.54, 1.807) is 0 Å². The molecule has 0 N–H and O–H groups in total. The first-order valence-corrected chi connectivity index (χ1v) is 18.9. The normalized spacial score (nSPS) is 11.2. The van der Waals surface area contributed by atoms with Crippen LogP contribution in [0.5, 0.6) is 0 Å². The Balaban J connectivity index is 1.11. The molecule has 55 heavy (non-hydrogen) atoms. The molecule has 4 aromatic carbocycles. The average molecular weight is 715 g/mol. The number of hydrogen-bond acceptors (Lipinski definition) is 5. The van der Waals surface area contributed by atoms with Crippen molar-refractivity contribution < 1.29 is 4.74 Å². The highest BCUT2D eigenvalue weighted by Gasteiger charge is 2.24. The Morgan fingerprint density at radius 1 is 0.327 bits per heavy atom. The molecule has 5 heteroatoms. The molecular formula is C50H42N4O. The predicted molar refractivity (Wildman–Crippen MR) is 222 cm³/mol. The van der Waals surface area contributed by atoms with Gasteiger partial charge in [-0.25, -0.2) is 0 Å². The van der Waals surface area contributed by atoms with E-state index in [0.717, 1.165) is 35.1 Å². The zero-order valence-electron chi connectivity index (χ0n) is 30.7. The first-order valence-electron chi connectivity index (χ1n) is 18.9. The van der Waals surface area contributed by atoms with Gasteiger partial charge in [0, 0.05) is 96.9 Å². The molecule has 0 unspecified atom stereocenters. The van der Waals surface area contributed by atoms with Crippen LogP contribution in [-0.2, 0) is 4.74 Å². The van der Waals surface area contributed by atoms with Gasteiger partial charge in [0.15, 0.2) is 0 Å². The molecule has 5 nitrogen and oxygen atoms in total. The van der Waals surface area contributed by atoms with Crippen LogP contribution < -0.4 is 0 Å². The van der Waals surface area contributed by atoms with Crippen LogP contribution in [0.25, 0.3) is 44.5 Å². The summed E-state index contributed by atoms with van der Waals surface area (Å²) in [4.78, 5) is 17.9. The van der Waals surface area contributed by atoms with Gasteiger partial charge in [0.1, 0.15) is 0 Å². The van der Waals surface area contributed by atoms with Crippen LogP contribution in [0.15, 0.2) is 195 Å². The van der Waals surface area contributed by atoms with E-state index in [0.29, 0.717) is 13.2 Å². The fraction of sp³-hybridized carbons (Fsp3) is 0.120. The van der Waals surface area contributed by atoms with E-state index < -0.39 is 0 Å². The van der Waals surface area contributed by atoms with Crippen molar-refractivity contribution in [3.63, 3.8) is 0 Å². The van der Waals surface area contributed by atoms with Crippen LogP contribution in [0.1, 0.15) is 46.9 Å². The number of rotatable bonds is 14. The number of aromatic nitrogens is 4. The van der Waals surface area contributed by atoms with Crippen molar-refractivity contribution in [1.29, 1.82) is 0 Å². The number of benzene rings is 4. The van der Waals surface area contributed by atoms with Gasteiger partial charge < -0.3 is 4.74 Å². The lowest BCUT2D eigenvalue weighted by Crippen LogP contribution is -2.12. The maximum Gasteiger partial charge on any atom is 0.0475 e. The quantitative estimate of drug-likeness (QED) is 0.105. The molecular weight excluding hydrogens is 673 g/mol. The molecule has 0 aliphatic heterocycles. The third-order valence-corrected chi connectivity index (χ3v) is 10.3. The minimum absolute atomic E-state index is 0.0706. The highest BCUT2D eigenvalue weighted by molar-refractivity contribution is 5.74. The van der Waals surface area contributed by atoms with Gasteiger partial charge in [-0.15, -0.1) is 0 Å². The summed E-state index contributed by atoms with van der Waals surface area (Å²) in [6, 6.07) is 51.4. The van der Waals surface area contributed by atoms with Crippen molar-refractivity contribution in [1.82, 2.24) is 19.9 Å². The minimum Gasteiger partial charge on any atom is -0.381 e. The van der Waals surface area contributed by atoms with Crippen LogP contribution in [0.2, 0.25) is 0 Å². The summed E-state index contributed by atoms with van der Waals surface area (Å²) in [6.07, 6.45) is 16.7. The van der Waals surface area contributed by atoms with Gasteiger partial charge >= 0.3 is 0 Å². The van der Waals surface area contributed by atoms with Crippen molar-refractivity contribution in [3.8, 4) is 44.5 Å². The first-order chi connectivity index (χ1) is 27.3. The Kier molecular flexibility index (Phi) is 11.3. The molecule has 0 aliphatic carbocycles. The van der Waals surface area contributed by atoms with Crippen LogP contribution in [0.4, 0.5) is 0 Å². The summed E-state index contributed by atoms with van der Waals surface area (Å²) in [7, 11) is 0.